The number of benzene rings is 2. The normalized spacial score (nSPS) is 11.6. The molecule has 0 unspecified atom stereocenters. The highest BCUT2D eigenvalue weighted by Crippen LogP contribution is 2.25. The standard InChI is InChI=1S/C21H20Cl2N2O5/c1-13(24-19(26)10-5-14-3-7-16(29-2)8-4-14)21(28)30-12-20(27)25-18-11-15(22)6-9-17(18)23/h3-11,13H,12H2,1-2H3,(H,24,26)(H,25,27)/t13-/m0/s1. The van der Waals surface area contributed by atoms with Crippen LogP contribution in [0.2, 0.25) is 10.0 Å². The first-order chi connectivity index (χ1) is 14.3. The first-order valence-corrected chi connectivity index (χ1v) is 9.58. The fraction of sp³-hybridized carbons (Fsp3) is 0.190. The molecule has 0 spiro atoms. The van der Waals surface area contributed by atoms with Crippen LogP contribution >= 0.6 is 23.2 Å². The highest BCUT2D eigenvalue weighted by molar-refractivity contribution is 6.35. The molecule has 158 valence electrons. The Balaban J connectivity index is 1.79. The van der Waals surface area contributed by atoms with Gasteiger partial charge in [0.05, 0.1) is 17.8 Å². The molecule has 0 radical (unpaired) electrons. The van der Waals surface area contributed by atoms with Crippen molar-refractivity contribution in [1.82, 2.24) is 5.32 Å². The van der Waals surface area contributed by atoms with Gasteiger partial charge in [0.25, 0.3) is 5.91 Å². The van der Waals surface area contributed by atoms with Gasteiger partial charge < -0.3 is 20.1 Å². The number of carbonyl (C=O) groups excluding carboxylic acids is 3. The van der Waals surface area contributed by atoms with E-state index in [0.29, 0.717) is 21.5 Å². The minimum Gasteiger partial charge on any atom is -0.497 e. The third-order valence-corrected chi connectivity index (χ3v) is 4.37. The predicted octanol–water partition coefficient (Wildman–Crippen LogP) is 3.70. The van der Waals surface area contributed by atoms with Gasteiger partial charge in [-0.05, 0) is 48.9 Å². The maximum Gasteiger partial charge on any atom is 0.328 e. The van der Waals surface area contributed by atoms with Crippen LogP contribution in [0.4, 0.5) is 5.69 Å². The second-order valence-corrected chi connectivity index (χ2v) is 6.96. The van der Waals surface area contributed by atoms with Crippen molar-refractivity contribution in [3.05, 3.63) is 64.1 Å². The zero-order valence-corrected chi connectivity index (χ0v) is 17.8. The predicted molar refractivity (Wildman–Crippen MR) is 116 cm³/mol. The Bertz CT molecular complexity index is 945. The number of halogens is 2. The van der Waals surface area contributed by atoms with E-state index >= 15 is 0 Å². The number of amides is 2. The van der Waals surface area contributed by atoms with Gasteiger partial charge in [0.1, 0.15) is 11.8 Å². The number of esters is 1. The summed E-state index contributed by atoms with van der Waals surface area (Å²) >= 11 is 11.8. The van der Waals surface area contributed by atoms with Crippen LogP contribution in [0.1, 0.15) is 12.5 Å². The number of hydrogen-bond donors (Lipinski definition) is 2. The van der Waals surface area contributed by atoms with E-state index in [1.54, 1.807) is 43.5 Å². The molecule has 0 aromatic heterocycles. The van der Waals surface area contributed by atoms with Crippen molar-refractivity contribution in [3.8, 4) is 5.75 Å². The first-order valence-electron chi connectivity index (χ1n) is 8.82. The summed E-state index contributed by atoms with van der Waals surface area (Å²) < 4.78 is 9.98. The Labute approximate surface area is 184 Å². The van der Waals surface area contributed by atoms with Gasteiger partial charge in [-0.2, -0.15) is 0 Å². The van der Waals surface area contributed by atoms with Gasteiger partial charge in [0, 0.05) is 11.1 Å². The van der Waals surface area contributed by atoms with Gasteiger partial charge in [-0.1, -0.05) is 35.3 Å². The molecule has 0 aliphatic carbocycles. The monoisotopic (exact) mass is 450 g/mol. The Hall–Kier alpha value is -3.03. The molecule has 0 aliphatic rings. The molecule has 2 rings (SSSR count). The summed E-state index contributed by atoms with van der Waals surface area (Å²) in [6.45, 7) is 0.913. The lowest BCUT2D eigenvalue weighted by Crippen LogP contribution is -2.39. The van der Waals surface area contributed by atoms with E-state index in [1.807, 2.05) is 0 Å². The molecule has 2 amide bonds. The Kier molecular flexibility index (Phi) is 8.70. The number of anilines is 1. The van der Waals surface area contributed by atoms with Crippen molar-refractivity contribution >= 4 is 52.7 Å². The maximum atomic E-state index is 12.0. The van der Waals surface area contributed by atoms with E-state index in [-0.39, 0.29) is 0 Å². The molecular weight excluding hydrogens is 431 g/mol. The molecule has 0 aliphatic heterocycles. The van der Waals surface area contributed by atoms with Crippen LogP contribution in [0.15, 0.2) is 48.5 Å². The van der Waals surface area contributed by atoms with E-state index in [2.05, 4.69) is 10.6 Å². The summed E-state index contributed by atoms with van der Waals surface area (Å²) in [6.07, 6.45) is 2.88. The minimum atomic E-state index is -0.944. The highest BCUT2D eigenvalue weighted by atomic mass is 35.5. The molecule has 0 heterocycles. The molecule has 7 nitrogen and oxygen atoms in total. The topological polar surface area (TPSA) is 93.7 Å². The Morgan fingerprint density at radius 2 is 1.80 bits per heavy atom. The molecule has 1 atom stereocenters. The van der Waals surface area contributed by atoms with Crippen LogP contribution < -0.4 is 15.4 Å². The second kappa shape index (κ2) is 11.2. The third kappa shape index (κ3) is 7.42. The average molecular weight is 451 g/mol. The van der Waals surface area contributed by atoms with Crippen molar-refractivity contribution in [2.45, 2.75) is 13.0 Å². The molecule has 2 aromatic rings. The molecule has 0 bridgehead atoms. The number of carbonyl (C=O) groups is 3. The van der Waals surface area contributed by atoms with Gasteiger partial charge in [-0.3, -0.25) is 9.59 Å². The summed E-state index contributed by atoms with van der Waals surface area (Å²) in [5.41, 5.74) is 1.09. The summed E-state index contributed by atoms with van der Waals surface area (Å²) in [6, 6.07) is 10.7. The van der Waals surface area contributed by atoms with Crippen molar-refractivity contribution in [1.29, 1.82) is 0 Å². The molecule has 2 N–H and O–H groups in total. The summed E-state index contributed by atoms with van der Waals surface area (Å²) in [7, 11) is 1.56. The molecule has 0 fully saturated rings. The highest BCUT2D eigenvalue weighted by Gasteiger charge is 2.17. The number of ether oxygens (including phenoxy) is 2. The maximum absolute atomic E-state index is 12.0. The van der Waals surface area contributed by atoms with E-state index < -0.39 is 30.4 Å². The molecule has 9 heteroatoms. The Morgan fingerprint density at radius 1 is 1.10 bits per heavy atom. The average Bonchev–Trinajstić information content (AvgIpc) is 2.73. The third-order valence-electron chi connectivity index (χ3n) is 3.80. The van der Waals surface area contributed by atoms with E-state index in [9.17, 15) is 14.4 Å². The van der Waals surface area contributed by atoms with Gasteiger partial charge in [0.2, 0.25) is 5.91 Å². The second-order valence-electron chi connectivity index (χ2n) is 6.12. The van der Waals surface area contributed by atoms with Crippen molar-refractivity contribution in [2.75, 3.05) is 19.0 Å². The van der Waals surface area contributed by atoms with Crippen LogP contribution in [0.5, 0.6) is 5.75 Å². The molecule has 0 saturated carbocycles. The summed E-state index contributed by atoms with van der Waals surface area (Å²) in [5.74, 6) is -1.13. The lowest BCUT2D eigenvalue weighted by Gasteiger charge is -2.12. The van der Waals surface area contributed by atoms with E-state index in [0.717, 1.165) is 5.56 Å². The number of methoxy groups -OCH3 is 1. The first kappa shape index (κ1) is 23.3. The lowest BCUT2D eigenvalue weighted by atomic mass is 10.2. The number of rotatable bonds is 8. The van der Waals surface area contributed by atoms with Crippen molar-refractivity contribution in [3.63, 3.8) is 0 Å². The van der Waals surface area contributed by atoms with Gasteiger partial charge in [-0.15, -0.1) is 0 Å². The molecular formula is C21H20Cl2N2O5. The SMILES string of the molecule is COc1ccc(C=CC(=O)N[C@@H](C)C(=O)OCC(=O)Nc2cc(Cl)ccc2Cl)cc1. The van der Waals surface area contributed by atoms with E-state index in [1.165, 1.54) is 25.1 Å². The summed E-state index contributed by atoms with van der Waals surface area (Å²) in [5, 5.41) is 5.65. The Morgan fingerprint density at radius 3 is 2.47 bits per heavy atom. The van der Waals surface area contributed by atoms with Crippen LogP contribution in [0.3, 0.4) is 0 Å². The molecule has 2 aromatic carbocycles. The van der Waals surface area contributed by atoms with Gasteiger partial charge >= 0.3 is 5.97 Å². The van der Waals surface area contributed by atoms with Crippen LogP contribution in [0, 0.1) is 0 Å². The lowest BCUT2D eigenvalue weighted by molar-refractivity contribution is -0.149. The van der Waals surface area contributed by atoms with Crippen LogP contribution in [-0.2, 0) is 19.1 Å². The molecule has 0 saturated heterocycles. The summed E-state index contributed by atoms with van der Waals surface area (Å²) in [4.78, 5) is 35.9. The zero-order chi connectivity index (χ0) is 22.1. The number of nitrogens with one attached hydrogen (secondary N) is 2. The van der Waals surface area contributed by atoms with Crippen molar-refractivity contribution < 1.29 is 23.9 Å². The molecule has 30 heavy (non-hydrogen) atoms. The fourth-order valence-corrected chi connectivity index (χ4v) is 2.59. The zero-order valence-electron chi connectivity index (χ0n) is 16.3. The largest absolute Gasteiger partial charge is 0.497 e. The van der Waals surface area contributed by atoms with Crippen LogP contribution in [0.25, 0.3) is 6.08 Å². The fourth-order valence-electron chi connectivity index (χ4n) is 2.25. The van der Waals surface area contributed by atoms with Crippen molar-refractivity contribution in [2.24, 2.45) is 0 Å². The van der Waals surface area contributed by atoms with Gasteiger partial charge in [-0.25, -0.2) is 4.79 Å². The minimum absolute atomic E-state index is 0.295. The number of hydrogen-bond acceptors (Lipinski definition) is 5. The quantitative estimate of drug-likeness (QED) is 0.472. The van der Waals surface area contributed by atoms with E-state index in [4.69, 9.17) is 32.7 Å². The smallest absolute Gasteiger partial charge is 0.328 e. The van der Waals surface area contributed by atoms with Crippen LogP contribution in [-0.4, -0.2) is 37.5 Å². The van der Waals surface area contributed by atoms with Gasteiger partial charge in [0.15, 0.2) is 6.61 Å².